The predicted molar refractivity (Wildman–Crippen MR) is 107 cm³/mol. The molecule has 0 saturated carbocycles. The number of para-hydroxylation sites is 1. The van der Waals surface area contributed by atoms with E-state index in [0.717, 1.165) is 5.56 Å². The molecule has 0 aromatic heterocycles. The van der Waals surface area contributed by atoms with Crippen molar-refractivity contribution in [2.24, 2.45) is 5.73 Å². The summed E-state index contributed by atoms with van der Waals surface area (Å²) in [5, 5.41) is 0. The normalized spacial score (nSPS) is 15.1. The lowest BCUT2D eigenvalue weighted by Crippen LogP contribution is -2.51. The summed E-state index contributed by atoms with van der Waals surface area (Å²) in [6.07, 6.45) is 0. The summed E-state index contributed by atoms with van der Waals surface area (Å²) in [4.78, 5) is 25.6. The number of benzene rings is 2. The molecule has 1 saturated heterocycles. The molecule has 2 aromatic carbocycles. The summed E-state index contributed by atoms with van der Waals surface area (Å²) in [6.45, 7) is 2.59. The van der Waals surface area contributed by atoms with E-state index in [1.807, 2.05) is 6.92 Å². The maximum absolute atomic E-state index is 12.7. The van der Waals surface area contributed by atoms with Crippen molar-refractivity contribution in [3.8, 4) is 5.75 Å². The first kappa shape index (κ1) is 20.8. The van der Waals surface area contributed by atoms with Crippen LogP contribution in [0.1, 0.15) is 15.9 Å². The molecule has 1 heterocycles. The fraction of sp³-hybridized carbons (Fsp3) is 0.300. The highest BCUT2D eigenvalue weighted by Crippen LogP contribution is 2.19. The Labute approximate surface area is 169 Å². The van der Waals surface area contributed by atoms with Gasteiger partial charge in [0.25, 0.3) is 11.8 Å². The number of sulfonamides is 1. The van der Waals surface area contributed by atoms with E-state index in [0.29, 0.717) is 0 Å². The number of ether oxygens (including phenoxy) is 1. The molecule has 9 heteroatoms. The highest BCUT2D eigenvalue weighted by molar-refractivity contribution is 7.89. The van der Waals surface area contributed by atoms with E-state index in [2.05, 4.69) is 0 Å². The van der Waals surface area contributed by atoms with Crippen LogP contribution < -0.4 is 10.5 Å². The Morgan fingerprint density at radius 1 is 1.00 bits per heavy atom. The summed E-state index contributed by atoms with van der Waals surface area (Å²) in [7, 11) is -3.59. The molecular formula is C20H23N3O5S. The Bertz CT molecular complexity index is 997. The maximum Gasteiger partial charge on any atom is 0.260 e. The number of rotatable bonds is 6. The van der Waals surface area contributed by atoms with Crippen molar-refractivity contribution in [3.05, 3.63) is 59.7 Å². The van der Waals surface area contributed by atoms with Crippen LogP contribution in [0.3, 0.4) is 0 Å². The molecule has 0 radical (unpaired) electrons. The van der Waals surface area contributed by atoms with Crippen LogP contribution >= 0.6 is 0 Å². The molecule has 0 spiro atoms. The summed E-state index contributed by atoms with van der Waals surface area (Å²) in [6, 6.07) is 13.1. The van der Waals surface area contributed by atoms with Crippen LogP contribution in [0.25, 0.3) is 0 Å². The molecule has 1 fully saturated rings. The van der Waals surface area contributed by atoms with Gasteiger partial charge in [-0.1, -0.05) is 29.8 Å². The predicted octanol–water partition coefficient (Wildman–Crippen LogP) is 1.01. The SMILES string of the molecule is Cc1ccc(S(=O)(=O)N2CCN(C(=O)COc3ccccc3C(N)=O)CC2)cc1. The Morgan fingerprint density at radius 3 is 2.24 bits per heavy atom. The van der Waals surface area contributed by atoms with Crippen molar-refractivity contribution in [2.45, 2.75) is 11.8 Å². The monoisotopic (exact) mass is 417 g/mol. The zero-order chi connectivity index (χ0) is 21.0. The van der Waals surface area contributed by atoms with E-state index >= 15 is 0 Å². The quantitative estimate of drug-likeness (QED) is 0.754. The van der Waals surface area contributed by atoms with Gasteiger partial charge in [0.15, 0.2) is 6.61 Å². The molecule has 0 atom stereocenters. The van der Waals surface area contributed by atoms with Gasteiger partial charge in [0, 0.05) is 26.2 Å². The second-order valence-electron chi connectivity index (χ2n) is 6.75. The van der Waals surface area contributed by atoms with Crippen LogP contribution in [0, 0.1) is 6.92 Å². The standard InChI is InChI=1S/C20H23N3O5S/c1-15-6-8-16(9-7-15)29(26,27)23-12-10-22(11-13-23)19(24)14-28-18-5-3-2-4-17(18)20(21)25/h2-9H,10-14H2,1H3,(H2,21,25). The molecule has 1 aliphatic heterocycles. The number of nitrogens with zero attached hydrogens (tertiary/aromatic N) is 2. The molecule has 3 rings (SSSR count). The maximum atomic E-state index is 12.7. The van der Waals surface area contributed by atoms with E-state index < -0.39 is 15.9 Å². The van der Waals surface area contributed by atoms with Crippen LogP contribution in [0.5, 0.6) is 5.75 Å². The van der Waals surface area contributed by atoms with Gasteiger partial charge < -0.3 is 15.4 Å². The Hall–Kier alpha value is -2.91. The second-order valence-corrected chi connectivity index (χ2v) is 8.68. The Kier molecular flexibility index (Phi) is 6.19. The fourth-order valence-electron chi connectivity index (χ4n) is 3.06. The van der Waals surface area contributed by atoms with Crippen molar-refractivity contribution in [1.82, 2.24) is 9.21 Å². The summed E-state index contributed by atoms with van der Waals surface area (Å²) in [5.41, 5.74) is 6.49. The average molecular weight is 417 g/mol. The van der Waals surface area contributed by atoms with Crippen LogP contribution in [0.2, 0.25) is 0 Å². The van der Waals surface area contributed by atoms with Crippen LogP contribution in [-0.4, -0.2) is 62.2 Å². The zero-order valence-electron chi connectivity index (χ0n) is 16.1. The second kappa shape index (κ2) is 8.62. The van der Waals surface area contributed by atoms with Gasteiger partial charge in [0.1, 0.15) is 5.75 Å². The first-order valence-corrected chi connectivity index (χ1v) is 10.6. The number of carbonyl (C=O) groups is 2. The number of nitrogens with two attached hydrogens (primary N) is 1. The molecule has 2 N–H and O–H groups in total. The van der Waals surface area contributed by atoms with E-state index in [9.17, 15) is 18.0 Å². The molecule has 0 aliphatic carbocycles. The van der Waals surface area contributed by atoms with Crippen molar-refractivity contribution in [3.63, 3.8) is 0 Å². The first-order chi connectivity index (χ1) is 13.8. The number of piperazine rings is 1. The molecule has 1 aliphatic rings. The van der Waals surface area contributed by atoms with Crippen molar-refractivity contribution in [2.75, 3.05) is 32.8 Å². The molecule has 0 unspecified atom stereocenters. The largest absolute Gasteiger partial charge is 0.483 e. The minimum atomic E-state index is -3.59. The number of hydrogen-bond acceptors (Lipinski definition) is 5. The third-order valence-corrected chi connectivity index (χ3v) is 6.67. The fourth-order valence-corrected chi connectivity index (χ4v) is 4.49. The van der Waals surface area contributed by atoms with Crippen molar-refractivity contribution < 1.29 is 22.7 Å². The van der Waals surface area contributed by atoms with Gasteiger partial charge in [-0.2, -0.15) is 4.31 Å². The minimum Gasteiger partial charge on any atom is -0.483 e. The Morgan fingerprint density at radius 2 is 1.62 bits per heavy atom. The lowest BCUT2D eigenvalue weighted by Gasteiger charge is -2.34. The number of primary amides is 1. The lowest BCUT2D eigenvalue weighted by atomic mass is 10.2. The van der Waals surface area contributed by atoms with Gasteiger partial charge in [-0.3, -0.25) is 9.59 Å². The third-order valence-electron chi connectivity index (χ3n) is 4.75. The molecule has 2 amide bonds. The van der Waals surface area contributed by atoms with E-state index in [4.69, 9.17) is 10.5 Å². The van der Waals surface area contributed by atoms with Crippen LogP contribution in [0.4, 0.5) is 0 Å². The van der Waals surface area contributed by atoms with Crippen molar-refractivity contribution in [1.29, 1.82) is 0 Å². The van der Waals surface area contributed by atoms with Gasteiger partial charge in [0.2, 0.25) is 10.0 Å². The number of carbonyl (C=O) groups excluding carboxylic acids is 2. The molecule has 29 heavy (non-hydrogen) atoms. The molecular weight excluding hydrogens is 394 g/mol. The van der Waals surface area contributed by atoms with Crippen LogP contribution in [0.15, 0.2) is 53.4 Å². The Balaban J connectivity index is 1.57. The number of hydrogen-bond donors (Lipinski definition) is 1. The topological polar surface area (TPSA) is 110 Å². The van der Waals surface area contributed by atoms with Gasteiger partial charge in [-0.05, 0) is 31.2 Å². The molecule has 154 valence electrons. The number of aryl methyl sites for hydroxylation is 1. The highest BCUT2D eigenvalue weighted by atomic mass is 32.2. The van der Waals surface area contributed by atoms with Gasteiger partial charge >= 0.3 is 0 Å². The lowest BCUT2D eigenvalue weighted by molar-refractivity contribution is -0.134. The molecule has 8 nitrogen and oxygen atoms in total. The van der Waals surface area contributed by atoms with E-state index in [1.165, 1.54) is 10.4 Å². The zero-order valence-corrected chi connectivity index (χ0v) is 16.9. The first-order valence-electron chi connectivity index (χ1n) is 9.15. The van der Waals surface area contributed by atoms with Gasteiger partial charge in [0.05, 0.1) is 10.5 Å². The number of amides is 2. The summed E-state index contributed by atoms with van der Waals surface area (Å²) >= 11 is 0. The van der Waals surface area contributed by atoms with Gasteiger partial charge in [-0.15, -0.1) is 0 Å². The summed E-state index contributed by atoms with van der Waals surface area (Å²) < 4.78 is 32.3. The highest BCUT2D eigenvalue weighted by Gasteiger charge is 2.30. The minimum absolute atomic E-state index is 0.203. The van der Waals surface area contributed by atoms with Gasteiger partial charge in [-0.25, -0.2) is 8.42 Å². The smallest absolute Gasteiger partial charge is 0.260 e. The molecule has 2 aromatic rings. The average Bonchev–Trinajstić information content (AvgIpc) is 2.72. The van der Waals surface area contributed by atoms with Crippen LogP contribution in [-0.2, 0) is 14.8 Å². The van der Waals surface area contributed by atoms with Crippen molar-refractivity contribution >= 4 is 21.8 Å². The molecule has 0 bridgehead atoms. The summed E-state index contributed by atoms with van der Waals surface area (Å²) in [5.74, 6) is -0.673. The third kappa shape index (κ3) is 4.75. The van der Waals surface area contributed by atoms with E-state index in [1.54, 1.807) is 47.4 Å². The van der Waals surface area contributed by atoms with E-state index in [-0.39, 0.29) is 54.9 Å².